The molecule has 3 aromatic rings. The third-order valence-electron chi connectivity index (χ3n) is 5.22. The molecule has 4 rings (SSSR count). The van der Waals surface area contributed by atoms with Crippen molar-refractivity contribution >= 4 is 40.4 Å². The third-order valence-corrected chi connectivity index (χ3v) is 5.47. The van der Waals surface area contributed by atoms with Gasteiger partial charge in [0.15, 0.2) is 0 Å². The van der Waals surface area contributed by atoms with Gasteiger partial charge in [-0.05, 0) is 61.4 Å². The molecule has 3 aromatic carbocycles. The highest BCUT2D eigenvalue weighted by molar-refractivity contribution is 6.46. The minimum absolute atomic E-state index is 0.160. The zero-order valence-corrected chi connectivity index (χ0v) is 19.3. The van der Waals surface area contributed by atoms with Crippen LogP contribution in [0.15, 0.2) is 72.4 Å². The van der Waals surface area contributed by atoms with Crippen LogP contribution in [0.2, 0.25) is 5.02 Å². The van der Waals surface area contributed by atoms with Gasteiger partial charge in [-0.3, -0.25) is 9.59 Å². The molecule has 168 valence electrons. The monoisotopic (exact) mass is 462 g/mol. The number of amides is 2. The van der Waals surface area contributed by atoms with E-state index >= 15 is 0 Å². The second kappa shape index (κ2) is 9.38. The van der Waals surface area contributed by atoms with Gasteiger partial charge in [0.25, 0.3) is 11.8 Å². The van der Waals surface area contributed by atoms with E-state index in [1.807, 2.05) is 32.0 Å². The molecule has 1 N–H and O–H groups in total. The van der Waals surface area contributed by atoms with Crippen molar-refractivity contribution in [3.63, 3.8) is 0 Å². The summed E-state index contributed by atoms with van der Waals surface area (Å²) in [6, 6.07) is 19.3. The summed E-state index contributed by atoms with van der Waals surface area (Å²) in [5.74, 6) is 0.221. The molecule has 0 spiro atoms. The highest BCUT2D eigenvalue weighted by Crippen LogP contribution is 2.37. The van der Waals surface area contributed by atoms with Gasteiger partial charge >= 0.3 is 0 Å². The first-order valence-corrected chi connectivity index (χ1v) is 10.8. The summed E-state index contributed by atoms with van der Waals surface area (Å²) >= 11 is 6.05. The number of hydrogen-bond donors (Lipinski definition) is 1. The molecule has 0 aromatic heterocycles. The van der Waals surface area contributed by atoms with Crippen molar-refractivity contribution in [3.8, 4) is 11.5 Å². The van der Waals surface area contributed by atoms with Crippen LogP contribution in [0.1, 0.15) is 18.1 Å². The van der Waals surface area contributed by atoms with Crippen LogP contribution in [-0.4, -0.2) is 25.5 Å². The molecule has 2 amide bonds. The molecule has 0 saturated carbocycles. The first-order valence-electron chi connectivity index (χ1n) is 10.5. The predicted octanol–water partition coefficient (Wildman–Crippen LogP) is 5.45. The molecule has 0 unspecified atom stereocenters. The summed E-state index contributed by atoms with van der Waals surface area (Å²) in [7, 11) is 1.55. The Morgan fingerprint density at radius 2 is 1.73 bits per heavy atom. The van der Waals surface area contributed by atoms with Gasteiger partial charge in [0.1, 0.15) is 17.2 Å². The number of nitrogens with one attached hydrogen (secondary N) is 1. The van der Waals surface area contributed by atoms with Crippen molar-refractivity contribution in [3.05, 3.63) is 88.6 Å². The van der Waals surface area contributed by atoms with E-state index in [1.54, 1.807) is 55.6 Å². The Morgan fingerprint density at radius 1 is 0.970 bits per heavy atom. The molecule has 7 heteroatoms. The number of carbonyl (C=O) groups is 2. The molecule has 6 nitrogen and oxygen atoms in total. The number of carbonyl (C=O) groups excluding carboxylic acids is 2. The molecule has 0 fully saturated rings. The smallest absolute Gasteiger partial charge is 0.282 e. The van der Waals surface area contributed by atoms with Gasteiger partial charge in [-0.1, -0.05) is 35.9 Å². The van der Waals surface area contributed by atoms with E-state index in [-0.39, 0.29) is 11.3 Å². The van der Waals surface area contributed by atoms with Crippen LogP contribution in [0.25, 0.3) is 5.57 Å². The number of imide groups is 1. The van der Waals surface area contributed by atoms with Crippen LogP contribution in [0.3, 0.4) is 0 Å². The van der Waals surface area contributed by atoms with Crippen LogP contribution in [0.5, 0.6) is 11.5 Å². The minimum atomic E-state index is -0.470. The number of benzene rings is 3. The van der Waals surface area contributed by atoms with Gasteiger partial charge in [0.2, 0.25) is 0 Å². The molecule has 0 saturated heterocycles. The largest absolute Gasteiger partial charge is 0.495 e. The van der Waals surface area contributed by atoms with E-state index in [9.17, 15) is 9.59 Å². The average Bonchev–Trinajstić information content (AvgIpc) is 3.04. The number of anilines is 2. The normalized spacial score (nSPS) is 13.5. The van der Waals surface area contributed by atoms with E-state index in [2.05, 4.69) is 5.32 Å². The summed E-state index contributed by atoms with van der Waals surface area (Å²) in [6.45, 7) is 4.28. The number of ether oxygens (including phenoxy) is 2. The summed E-state index contributed by atoms with van der Waals surface area (Å²) in [5, 5.41) is 3.70. The summed E-state index contributed by atoms with van der Waals surface area (Å²) < 4.78 is 11.0. The van der Waals surface area contributed by atoms with Crippen LogP contribution in [0.4, 0.5) is 11.4 Å². The van der Waals surface area contributed by atoms with E-state index in [4.69, 9.17) is 21.1 Å². The number of nitrogens with zero attached hydrogens (tertiary/aromatic N) is 1. The van der Waals surface area contributed by atoms with Crippen LogP contribution in [0, 0.1) is 6.92 Å². The van der Waals surface area contributed by atoms with E-state index in [0.717, 1.165) is 10.5 Å². The standard InChI is InChI=1S/C26H23ClN2O4/c1-4-33-20-7-5-6-19(15-20)29-25(30)23(17-9-11-18(27)12-10-17)24(26(29)31)28-21-14-16(2)8-13-22(21)32-3/h5-15,28H,4H2,1-3H3. The first kappa shape index (κ1) is 22.4. The average molecular weight is 463 g/mol. The Bertz CT molecular complexity index is 1250. The summed E-state index contributed by atoms with van der Waals surface area (Å²) in [6.07, 6.45) is 0. The molecule has 0 aliphatic carbocycles. The van der Waals surface area contributed by atoms with Crippen LogP contribution < -0.4 is 19.7 Å². The molecular formula is C26H23ClN2O4. The fourth-order valence-electron chi connectivity index (χ4n) is 3.70. The quantitative estimate of drug-likeness (QED) is 0.473. The summed E-state index contributed by atoms with van der Waals surface area (Å²) in [4.78, 5) is 28.3. The fourth-order valence-corrected chi connectivity index (χ4v) is 3.82. The van der Waals surface area contributed by atoms with Gasteiger partial charge in [0, 0.05) is 11.1 Å². The van der Waals surface area contributed by atoms with Gasteiger partial charge in [-0.2, -0.15) is 0 Å². The maximum absolute atomic E-state index is 13.6. The highest BCUT2D eigenvalue weighted by atomic mass is 35.5. The number of methoxy groups -OCH3 is 1. The van der Waals surface area contributed by atoms with Gasteiger partial charge in [-0.15, -0.1) is 0 Å². The molecule has 0 atom stereocenters. The molecule has 1 aliphatic heterocycles. The molecule has 1 heterocycles. The van der Waals surface area contributed by atoms with Crippen molar-refractivity contribution in [2.45, 2.75) is 13.8 Å². The lowest BCUT2D eigenvalue weighted by atomic mass is 10.0. The van der Waals surface area contributed by atoms with Crippen LogP contribution >= 0.6 is 11.6 Å². The van der Waals surface area contributed by atoms with E-state index in [1.165, 1.54) is 0 Å². The van der Waals surface area contributed by atoms with Gasteiger partial charge < -0.3 is 14.8 Å². The molecule has 0 bridgehead atoms. The first-order chi connectivity index (χ1) is 15.9. The molecular weight excluding hydrogens is 440 g/mol. The summed E-state index contributed by atoms with van der Waals surface area (Å²) in [5.41, 5.74) is 2.98. The number of rotatable bonds is 7. The van der Waals surface area contributed by atoms with Gasteiger partial charge in [-0.25, -0.2) is 4.90 Å². The lowest BCUT2D eigenvalue weighted by Gasteiger charge is -2.17. The third kappa shape index (κ3) is 4.43. The Balaban J connectivity index is 1.83. The van der Waals surface area contributed by atoms with Crippen molar-refractivity contribution in [1.82, 2.24) is 0 Å². The van der Waals surface area contributed by atoms with Gasteiger partial charge in [0.05, 0.1) is 30.7 Å². The highest BCUT2D eigenvalue weighted by Gasteiger charge is 2.40. The number of halogens is 1. The second-order valence-electron chi connectivity index (χ2n) is 7.46. The fraction of sp³-hybridized carbons (Fsp3) is 0.154. The predicted molar refractivity (Wildman–Crippen MR) is 130 cm³/mol. The Hall–Kier alpha value is -3.77. The zero-order chi connectivity index (χ0) is 23.5. The Kier molecular flexibility index (Phi) is 6.38. The number of hydrogen-bond acceptors (Lipinski definition) is 5. The lowest BCUT2D eigenvalue weighted by Crippen LogP contribution is -2.32. The molecule has 33 heavy (non-hydrogen) atoms. The second-order valence-corrected chi connectivity index (χ2v) is 7.90. The lowest BCUT2D eigenvalue weighted by molar-refractivity contribution is -0.120. The zero-order valence-electron chi connectivity index (χ0n) is 18.5. The Morgan fingerprint density at radius 3 is 2.42 bits per heavy atom. The number of aryl methyl sites for hydroxylation is 1. The SMILES string of the molecule is CCOc1cccc(N2C(=O)C(Nc3cc(C)ccc3OC)=C(c3ccc(Cl)cc3)C2=O)c1. The molecule has 1 aliphatic rings. The Labute approximate surface area is 197 Å². The van der Waals surface area contributed by atoms with Crippen molar-refractivity contribution in [2.75, 3.05) is 23.9 Å². The van der Waals surface area contributed by atoms with Crippen molar-refractivity contribution < 1.29 is 19.1 Å². The van der Waals surface area contributed by atoms with Crippen molar-refractivity contribution in [2.24, 2.45) is 0 Å². The topological polar surface area (TPSA) is 67.9 Å². The van der Waals surface area contributed by atoms with E-state index < -0.39 is 11.8 Å². The van der Waals surface area contributed by atoms with Crippen LogP contribution in [-0.2, 0) is 9.59 Å². The maximum atomic E-state index is 13.6. The maximum Gasteiger partial charge on any atom is 0.282 e. The molecule has 0 radical (unpaired) electrons. The van der Waals surface area contributed by atoms with Crippen molar-refractivity contribution in [1.29, 1.82) is 0 Å². The van der Waals surface area contributed by atoms with E-state index in [0.29, 0.717) is 40.1 Å². The minimum Gasteiger partial charge on any atom is -0.495 e.